The van der Waals surface area contributed by atoms with Gasteiger partial charge in [-0.05, 0) is 31.5 Å². The van der Waals surface area contributed by atoms with E-state index in [-0.39, 0.29) is 32.0 Å². The lowest BCUT2D eigenvalue weighted by molar-refractivity contribution is -0.150. The van der Waals surface area contributed by atoms with Gasteiger partial charge in [0.25, 0.3) is 0 Å². The number of hydrogen-bond acceptors (Lipinski definition) is 6. The fourth-order valence-corrected chi connectivity index (χ4v) is 1.56. The van der Waals surface area contributed by atoms with Crippen LogP contribution < -0.4 is 11.3 Å². The molecule has 6 heteroatoms. The molecule has 0 aromatic heterocycles. The van der Waals surface area contributed by atoms with Gasteiger partial charge in [-0.1, -0.05) is 13.5 Å². The van der Waals surface area contributed by atoms with Crippen molar-refractivity contribution in [3.63, 3.8) is 0 Å². The fraction of sp³-hybridized carbons (Fsp3) is 0.462. The standard InChI is InChI=1S/C12H18N2O4.CH4/c1-3-18-11(17)12(2,14-13)7-8-4-5-9(15)10(16)6-8;/h4-6,14-16H,3,7,13H2,1-2H3;1H4/t12-;/m0./s1. The van der Waals surface area contributed by atoms with Crippen LogP contribution in [0.1, 0.15) is 26.8 Å². The van der Waals surface area contributed by atoms with Gasteiger partial charge in [-0.15, -0.1) is 0 Å². The zero-order valence-corrected chi connectivity index (χ0v) is 10.4. The molecular formula is C13H22N2O4. The first-order valence-electron chi connectivity index (χ1n) is 5.59. The van der Waals surface area contributed by atoms with E-state index in [1.807, 2.05) is 0 Å². The van der Waals surface area contributed by atoms with Gasteiger partial charge in [-0.2, -0.15) is 0 Å². The molecule has 0 radical (unpaired) electrons. The second kappa shape index (κ2) is 6.96. The van der Waals surface area contributed by atoms with Crippen molar-refractivity contribution in [2.75, 3.05) is 6.61 Å². The lowest BCUT2D eigenvalue weighted by Gasteiger charge is -2.26. The summed E-state index contributed by atoms with van der Waals surface area (Å²) >= 11 is 0. The first kappa shape index (κ1) is 17.2. The molecule has 0 heterocycles. The molecular weight excluding hydrogens is 248 g/mol. The molecule has 1 atom stereocenters. The number of carbonyl (C=O) groups excluding carboxylic acids is 1. The molecule has 0 bridgehead atoms. The summed E-state index contributed by atoms with van der Waals surface area (Å²) < 4.78 is 4.93. The number of phenolic OH excluding ortho intramolecular Hbond substituents is 2. The zero-order chi connectivity index (χ0) is 13.8. The predicted molar refractivity (Wildman–Crippen MR) is 72.6 cm³/mol. The summed E-state index contributed by atoms with van der Waals surface area (Å²) in [7, 11) is 0. The Morgan fingerprint density at radius 3 is 2.53 bits per heavy atom. The molecule has 0 aliphatic rings. The van der Waals surface area contributed by atoms with E-state index >= 15 is 0 Å². The first-order valence-corrected chi connectivity index (χ1v) is 5.59. The molecule has 0 fully saturated rings. The van der Waals surface area contributed by atoms with Crippen LogP contribution in [0.4, 0.5) is 0 Å². The number of ether oxygens (including phenoxy) is 1. The smallest absolute Gasteiger partial charge is 0.327 e. The molecule has 6 nitrogen and oxygen atoms in total. The van der Waals surface area contributed by atoms with Crippen LogP contribution in [0, 0.1) is 0 Å². The van der Waals surface area contributed by atoms with Crippen molar-refractivity contribution in [3.8, 4) is 11.5 Å². The monoisotopic (exact) mass is 270 g/mol. The van der Waals surface area contributed by atoms with E-state index in [4.69, 9.17) is 10.6 Å². The summed E-state index contributed by atoms with van der Waals surface area (Å²) in [4.78, 5) is 11.8. The molecule has 0 saturated heterocycles. The van der Waals surface area contributed by atoms with Crippen molar-refractivity contribution in [3.05, 3.63) is 23.8 Å². The minimum Gasteiger partial charge on any atom is -0.504 e. The van der Waals surface area contributed by atoms with Gasteiger partial charge in [0.05, 0.1) is 6.61 Å². The summed E-state index contributed by atoms with van der Waals surface area (Å²) in [6.07, 6.45) is 0.232. The molecule has 0 amide bonds. The molecule has 0 saturated carbocycles. The average molecular weight is 270 g/mol. The molecule has 1 rings (SSSR count). The van der Waals surface area contributed by atoms with Crippen molar-refractivity contribution in [2.45, 2.75) is 33.2 Å². The van der Waals surface area contributed by atoms with E-state index in [1.54, 1.807) is 19.9 Å². The quantitative estimate of drug-likeness (QED) is 0.276. The second-order valence-electron chi connectivity index (χ2n) is 4.20. The number of carbonyl (C=O) groups is 1. The lowest BCUT2D eigenvalue weighted by atomic mass is 9.93. The molecule has 108 valence electrons. The summed E-state index contributed by atoms with van der Waals surface area (Å²) in [6.45, 7) is 3.58. The molecule has 5 N–H and O–H groups in total. The largest absolute Gasteiger partial charge is 0.504 e. The normalized spacial score (nSPS) is 13.2. The number of benzene rings is 1. The number of nitrogens with one attached hydrogen (secondary N) is 1. The van der Waals surface area contributed by atoms with Gasteiger partial charge in [0.2, 0.25) is 0 Å². The van der Waals surface area contributed by atoms with E-state index in [0.29, 0.717) is 5.56 Å². The van der Waals surface area contributed by atoms with Gasteiger partial charge in [0.1, 0.15) is 5.54 Å². The molecule has 19 heavy (non-hydrogen) atoms. The van der Waals surface area contributed by atoms with Crippen LogP contribution in [0.15, 0.2) is 18.2 Å². The van der Waals surface area contributed by atoms with Crippen molar-refractivity contribution >= 4 is 5.97 Å². The minimum atomic E-state index is -1.08. The highest BCUT2D eigenvalue weighted by atomic mass is 16.5. The van der Waals surface area contributed by atoms with Crippen LogP contribution in [0.5, 0.6) is 11.5 Å². The van der Waals surface area contributed by atoms with Gasteiger partial charge in [-0.25, -0.2) is 10.2 Å². The Bertz CT molecular complexity index is 437. The van der Waals surface area contributed by atoms with Crippen molar-refractivity contribution in [2.24, 2.45) is 5.84 Å². The number of nitrogens with two attached hydrogens (primary N) is 1. The maximum Gasteiger partial charge on any atom is 0.327 e. The van der Waals surface area contributed by atoms with E-state index < -0.39 is 11.5 Å². The molecule has 1 aromatic rings. The highest BCUT2D eigenvalue weighted by Crippen LogP contribution is 2.26. The number of phenols is 2. The Morgan fingerprint density at radius 2 is 2.05 bits per heavy atom. The Kier molecular flexibility index (Phi) is 6.31. The third kappa shape index (κ3) is 4.11. The van der Waals surface area contributed by atoms with E-state index in [9.17, 15) is 15.0 Å². The predicted octanol–water partition coefficient (Wildman–Crippen LogP) is 1.06. The lowest BCUT2D eigenvalue weighted by Crippen LogP contribution is -2.55. The minimum absolute atomic E-state index is 0. The van der Waals surface area contributed by atoms with E-state index in [0.717, 1.165) is 0 Å². The van der Waals surface area contributed by atoms with E-state index in [1.165, 1.54) is 12.1 Å². The number of rotatable bonds is 5. The van der Waals surface area contributed by atoms with E-state index in [2.05, 4.69) is 5.43 Å². The molecule has 0 aliphatic heterocycles. The first-order chi connectivity index (χ1) is 8.42. The Balaban J connectivity index is 0.00000324. The van der Waals surface area contributed by atoms with Crippen molar-refractivity contribution in [1.29, 1.82) is 0 Å². The van der Waals surface area contributed by atoms with Gasteiger partial charge in [0.15, 0.2) is 11.5 Å². The summed E-state index contributed by atoms with van der Waals surface area (Å²) in [6, 6.07) is 4.33. The highest BCUT2D eigenvalue weighted by Gasteiger charge is 2.33. The van der Waals surface area contributed by atoms with Gasteiger partial charge < -0.3 is 14.9 Å². The summed E-state index contributed by atoms with van der Waals surface area (Å²) in [5, 5.41) is 18.6. The molecule has 0 aliphatic carbocycles. The summed E-state index contributed by atoms with van der Waals surface area (Å²) in [5.74, 6) is 4.47. The van der Waals surface area contributed by atoms with Gasteiger partial charge in [-0.3, -0.25) is 5.84 Å². The topological polar surface area (TPSA) is 105 Å². The average Bonchev–Trinajstić information content (AvgIpc) is 2.34. The van der Waals surface area contributed by atoms with Gasteiger partial charge in [0, 0.05) is 6.42 Å². The number of hydrogen-bond donors (Lipinski definition) is 4. The number of esters is 1. The third-order valence-electron chi connectivity index (χ3n) is 2.64. The van der Waals surface area contributed by atoms with Gasteiger partial charge >= 0.3 is 5.97 Å². The molecule has 0 spiro atoms. The number of hydrazine groups is 1. The summed E-state index contributed by atoms with van der Waals surface area (Å²) in [5.41, 5.74) is 1.99. The zero-order valence-electron chi connectivity index (χ0n) is 10.4. The van der Waals surface area contributed by atoms with Crippen molar-refractivity contribution < 1.29 is 19.7 Å². The Hall–Kier alpha value is -1.79. The highest BCUT2D eigenvalue weighted by molar-refractivity contribution is 5.80. The van der Waals surface area contributed by atoms with Crippen LogP contribution in [0.3, 0.4) is 0 Å². The second-order valence-corrected chi connectivity index (χ2v) is 4.20. The van der Waals surface area contributed by atoms with Crippen LogP contribution in [-0.2, 0) is 16.0 Å². The fourth-order valence-electron chi connectivity index (χ4n) is 1.56. The Labute approximate surface area is 113 Å². The number of aromatic hydroxyl groups is 2. The van der Waals surface area contributed by atoms with Crippen LogP contribution in [-0.4, -0.2) is 28.3 Å². The Morgan fingerprint density at radius 1 is 1.42 bits per heavy atom. The van der Waals surface area contributed by atoms with Crippen LogP contribution in [0.25, 0.3) is 0 Å². The molecule has 0 unspecified atom stereocenters. The SMILES string of the molecule is C.CCOC(=O)[C@](C)(Cc1ccc(O)c(O)c1)NN. The van der Waals surface area contributed by atoms with Crippen LogP contribution in [0.2, 0.25) is 0 Å². The third-order valence-corrected chi connectivity index (χ3v) is 2.64. The van der Waals surface area contributed by atoms with Crippen molar-refractivity contribution in [1.82, 2.24) is 5.43 Å². The maximum atomic E-state index is 11.8. The molecule has 1 aromatic carbocycles. The maximum absolute atomic E-state index is 11.8. The van der Waals surface area contributed by atoms with Crippen LogP contribution >= 0.6 is 0 Å².